The highest BCUT2D eigenvalue weighted by atomic mass is 35.5. The molecule has 25 heavy (non-hydrogen) atoms. The first-order chi connectivity index (χ1) is 12.2. The maximum absolute atomic E-state index is 12.9. The molecule has 1 heterocycles. The maximum atomic E-state index is 12.9. The molecule has 4 heteroatoms. The molecule has 3 aromatic rings. The highest BCUT2D eigenvalue weighted by molar-refractivity contribution is 8.00. The summed E-state index contributed by atoms with van der Waals surface area (Å²) in [4.78, 5) is 15.8. The largest absolute Gasteiger partial charge is 0.302 e. The summed E-state index contributed by atoms with van der Waals surface area (Å²) in [6.07, 6.45) is 0. The van der Waals surface area contributed by atoms with Crippen molar-refractivity contribution >= 4 is 35.0 Å². The van der Waals surface area contributed by atoms with E-state index in [-0.39, 0.29) is 17.2 Å². The summed E-state index contributed by atoms with van der Waals surface area (Å²) in [6.45, 7) is 0. The minimum absolute atomic E-state index is 0.0248. The monoisotopic (exact) mass is 365 g/mol. The number of thioether (sulfide) groups is 1. The lowest BCUT2D eigenvalue weighted by Crippen LogP contribution is -2.57. The second-order valence-electron chi connectivity index (χ2n) is 5.89. The van der Waals surface area contributed by atoms with Gasteiger partial charge in [0, 0.05) is 15.6 Å². The molecule has 3 aromatic carbocycles. The predicted octanol–water partition coefficient (Wildman–Crippen LogP) is 5.59. The van der Waals surface area contributed by atoms with Crippen molar-refractivity contribution in [3.8, 4) is 0 Å². The van der Waals surface area contributed by atoms with Crippen molar-refractivity contribution in [2.75, 3.05) is 4.90 Å². The standard InChI is InChI=1S/C21H16ClNOS/c22-16-11-13-18(14-12-16)25-20-19(15-7-3-1-4-8-15)23(21(20)24)17-9-5-2-6-10-17/h1-14,19-20H/t19-,20+/m1/s1. The third kappa shape index (κ3) is 3.17. The number of anilines is 1. The molecule has 0 radical (unpaired) electrons. The number of hydrogen-bond donors (Lipinski definition) is 0. The van der Waals surface area contributed by atoms with E-state index in [1.165, 1.54) is 0 Å². The highest BCUT2D eigenvalue weighted by Crippen LogP contribution is 2.47. The van der Waals surface area contributed by atoms with E-state index in [2.05, 4.69) is 12.1 Å². The average Bonchev–Trinajstić information content (AvgIpc) is 2.66. The minimum atomic E-state index is -0.135. The Bertz CT molecular complexity index is 867. The normalized spacial score (nSPS) is 19.6. The molecule has 0 N–H and O–H groups in total. The molecule has 1 saturated heterocycles. The second kappa shape index (κ2) is 6.95. The molecule has 1 aliphatic heterocycles. The van der Waals surface area contributed by atoms with Gasteiger partial charge in [0.05, 0.1) is 6.04 Å². The van der Waals surface area contributed by atoms with E-state index in [1.807, 2.05) is 77.7 Å². The Balaban J connectivity index is 1.66. The maximum Gasteiger partial charge on any atom is 0.243 e. The Morgan fingerprint density at radius 1 is 0.800 bits per heavy atom. The van der Waals surface area contributed by atoms with Crippen molar-refractivity contribution in [1.82, 2.24) is 0 Å². The van der Waals surface area contributed by atoms with Crippen LogP contribution in [0.2, 0.25) is 5.02 Å². The van der Waals surface area contributed by atoms with Gasteiger partial charge in [0.25, 0.3) is 0 Å². The Hall–Kier alpha value is -2.23. The molecule has 0 spiro atoms. The molecule has 1 aliphatic rings. The molecule has 2 atom stereocenters. The van der Waals surface area contributed by atoms with Crippen LogP contribution in [0, 0.1) is 0 Å². The molecule has 4 rings (SSSR count). The minimum Gasteiger partial charge on any atom is -0.302 e. The highest BCUT2D eigenvalue weighted by Gasteiger charge is 2.49. The van der Waals surface area contributed by atoms with Gasteiger partial charge in [0.1, 0.15) is 5.25 Å². The van der Waals surface area contributed by atoms with Gasteiger partial charge in [-0.05, 0) is 42.0 Å². The number of benzene rings is 3. The van der Waals surface area contributed by atoms with Gasteiger partial charge in [-0.15, -0.1) is 11.8 Å². The van der Waals surface area contributed by atoms with Crippen LogP contribution < -0.4 is 4.90 Å². The summed E-state index contributed by atoms with van der Waals surface area (Å²) < 4.78 is 0. The Morgan fingerprint density at radius 3 is 2.04 bits per heavy atom. The molecule has 0 bridgehead atoms. The molecule has 2 nitrogen and oxygen atoms in total. The van der Waals surface area contributed by atoms with Crippen LogP contribution in [0.4, 0.5) is 5.69 Å². The van der Waals surface area contributed by atoms with Gasteiger partial charge in [-0.1, -0.05) is 60.1 Å². The first-order valence-electron chi connectivity index (χ1n) is 8.09. The lowest BCUT2D eigenvalue weighted by molar-refractivity contribution is -0.123. The lowest BCUT2D eigenvalue weighted by atomic mass is 9.92. The number of nitrogens with zero attached hydrogens (tertiary/aromatic N) is 1. The van der Waals surface area contributed by atoms with Crippen molar-refractivity contribution in [3.05, 3.63) is 95.5 Å². The topological polar surface area (TPSA) is 20.3 Å². The van der Waals surface area contributed by atoms with Gasteiger partial charge in [-0.3, -0.25) is 4.79 Å². The number of β-lactam (4-membered cyclic amide) rings is 1. The Labute approximate surface area is 156 Å². The molecule has 0 aliphatic carbocycles. The molecule has 0 aromatic heterocycles. The summed E-state index contributed by atoms with van der Waals surface area (Å²) in [6, 6.07) is 27.7. The third-order valence-electron chi connectivity index (χ3n) is 4.30. The molecular formula is C21H16ClNOS. The molecule has 124 valence electrons. The van der Waals surface area contributed by atoms with Crippen LogP contribution in [0.25, 0.3) is 0 Å². The van der Waals surface area contributed by atoms with Gasteiger partial charge in [0.2, 0.25) is 5.91 Å². The Kier molecular flexibility index (Phi) is 4.51. The van der Waals surface area contributed by atoms with Crippen molar-refractivity contribution in [2.45, 2.75) is 16.2 Å². The van der Waals surface area contributed by atoms with E-state index < -0.39 is 0 Å². The number of halogens is 1. The average molecular weight is 366 g/mol. The van der Waals surface area contributed by atoms with E-state index in [1.54, 1.807) is 11.8 Å². The number of amides is 1. The van der Waals surface area contributed by atoms with Gasteiger partial charge in [-0.25, -0.2) is 0 Å². The summed E-state index contributed by atoms with van der Waals surface area (Å²) >= 11 is 7.57. The SMILES string of the molecule is O=C1[C@@H](Sc2ccc(Cl)cc2)[C@@H](c2ccccc2)N1c1ccccc1. The van der Waals surface area contributed by atoms with Crippen molar-refractivity contribution in [3.63, 3.8) is 0 Å². The van der Waals surface area contributed by atoms with Crippen LogP contribution in [-0.4, -0.2) is 11.2 Å². The fourth-order valence-electron chi connectivity index (χ4n) is 3.09. The quantitative estimate of drug-likeness (QED) is 0.562. The van der Waals surface area contributed by atoms with Crippen LogP contribution in [0.3, 0.4) is 0 Å². The molecule has 0 saturated carbocycles. The summed E-state index contributed by atoms with van der Waals surface area (Å²) in [5, 5.41) is 0.568. The van der Waals surface area contributed by atoms with E-state index in [0.29, 0.717) is 5.02 Å². The van der Waals surface area contributed by atoms with Gasteiger partial charge < -0.3 is 4.90 Å². The van der Waals surface area contributed by atoms with E-state index in [9.17, 15) is 4.79 Å². The Morgan fingerprint density at radius 2 is 1.40 bits per heavy atom. The van der Waals surface area contributed by atoms with E-state index in [0.717, 1.165) is 16.1 Å². The summed E-state index contributed by atoms with van der Waals surface area (Å²) in [5.74, 6) is 0.139. The van der Waals surface area contributed by atoms with Crippen LogP contribution in [0.5, 0.6) is 0 Å². The zero-order valence-corrected chi connectivity index (χ0v) is 15.0. The summed E-state index contributed by atoms with van der Waals surface area (Å²) in [7, 11) is 0. The van der Waals surface area contributed by atoms with Gasteiger partial charge in [-0.2, -0.15) is 0 Å². The zero-order valence-electron chi connectivity index (χ0n) is 13.4. The number of para-hydroxylation sites is 1. The number of carbonyl (C=O) groups excluding carboxylic acids is 1. The molecular weight excluding hydrogens is 350 g/mol. The number of rotatable bonds is 4. The van der Waals surface area contributed by atoms with E-state index in [4.69, 9.17) is 11.6 Å². The first kappa shape index (κ1) is 16.2. The second-order valence-corrected chi connectivity index (χ2v) is 7.54. The lowest BCUT2D eigenvalue weighted by Gasteiger charge is -2.47. The zero-order chi connectivity index (χ0) is 17.2. The fourth-order valence-corrected chi connectivity index (χ4v) is 4.42. The van der Waals surface area contributed by atoms with Crippen molar-refractivity contribution < 1.29 is 4.79 Å². The van der Waals surface area contributed by atoms with Gasteiger partial charge >= 0.3 is 0 Å². The van der Waals surface area contributed by atoms with Crippen LogP contribution >= 0.6 is 23.4 Å². The molecule has 0 unspecified atom stereocenters. The molecule has 1 amide bonds. The number of hydrogen-bond acceptors (Lipinski definition) is 2. The first-order valence-corrected chi connectivity index (χ1v) is 9.35. The van der Waals surface area contributed by atoms with Gasteiger partial charge in [0.15, 0.2) is 0 Å². The van der Waals surface area contributed by atoms with Crippen LogP contribution in [0.1, 0.15) is 11.6 Å². The van der Waals surface area contributed by atoms with Crippen molar-refractivity contribution in [2.24, 2.45) is 0 Å². The smallest absolute Gasteiger partial charge is 0.243 e. The van der Waals surface area contributed by atoms with E-state index >= 15 is 0 Å². The van der Waals surface area contributed by atoms with Crippen LogP contribution in [-0.2, 0) is 4.79 Å². The number of carbonyl (C=O) groups is 1. The molecule has 1 fully saturated rings. The fraction of sp³-hybridized carbons (Fsp3) is 0.0952. The van der Waals surface area contributed by atoms with Crippen LogP contribution in [0.15, 0.2) is 89.8 Å². The predicted molar refractivity (Wildman–Crippen MR) is 104 cm³/mol. The van der Waals surface area contributed by atoms with Crippen molar-refractivity contribution in [1.29, 1.82) is 0 Å². The third-order valence-corrected chi connectivity index (χ3v) is 5.81. The summed E-state index contributed by atoms with van der Waals surface area (Å²) in [5.41, 5.74) is 2.09.